The van der Waals surface area contributed by atoms with E-state index in [1.807, 2.05) is 32.0 Å². The number of aryl methyl sites for hydroxylation is 2. The minimum absolute atomic E-state index is 0.278. The molecule has 1 rings (SSSR count). The number of benzene rings is 1. The Labute approximate surface area is 112 Å². The maximum absolute atomic E-state index is 10.6. The Balaban J connectivity index is 0.000000555. The van der Waals surface area contributed by atoms with Crippen molar-refractivity contribution in [3.8, 4) is 0 Å². The van der Waals surface area contributed by atoms with Crippen LogP contribution in [0.5, 0.6) is 0 Å². The zero-order valence-electron chi connectivity index (χ0n) is 11.3. The van der Waals surface area contributed by atoms with Gasteiger partial charge in [0.25, 0.3) is 0 Å². The fraction of sp³-hybridized carbons (Fsp3) is 0.385. The van der Waals surface area contributed by atoms with E-state index in [0.29, 0.717) is 0 Å². The van der Waals surface area contributed by atoms with Gasteiger partial charge in [0.1, 0.15) is 6.04 Å². The molecule has 19 heavy (non-hydrogen) atoms. The van der Waals surface area contributed by atoms with E-state index in [1.54, 1.807) is 6.92 Å². The highest BCUT2D eigenvalue weighted by molar-refractivity contribution is 5.77. The molecule has 0 saturated carbocycles. The highest BCUT2D eigenvalue weighted by Crippen LogP contribution is 2.16. The molecule has 0 amide bonds. The molecule has 0 aliphatic carbocycles. The number of hydrogen-bond donors (Lipinski definition) is 4. The van der Waals surface area contributed by atoms with E-state index in [9.17, 15) is 9.59 Å². The van der Waals surface area contributed by atoms with E-state index < -0.39 is 18.0 Å². The lowest BCUT2D eigenvalue weighted by molar-refractivity contribution is -0.137. The first-order chi connectivity index (χ1) is 8.77. The Bertz CT molecular complexity index is 446. The highest BCUT2D eigenvalue weighted by atomic mass is 16.4. The van der Waals surface area contributed by atoms with Crippen molar-refractivity contribution >= 4 is 17.6 Å². The molecule has 6 heteroatoms. The number of rotatable bonds is 4. The molecule has 0 bridgehead atoms. The summed E-state index contributed by atoms with van der Waals surface area (Å²) in [6, 6.07) is 5.33. The third-order valence-electron chi connectivity index (χ3n) is 2.30. The molecule has 106 valence electrons. The maximum atomic E-state index is 10.6. The summed E-state index contributed by atoms with van der Waals surface area (Å²) >= 11 is 0. The lowest BCUT2D eigenvalue weighted by Gasteiger charge is -2.13. The molecule has 0 heterocycles. The van der Waals surface area contributed by atoms with Crippen molar-refractivity contribution in [2.45, 2.75) is 26.8 Å². The molecule has 1 aromatic rings. The Kier molecular flexibility index (Phi) is 7.21. The maximum Gasteiger partial charge on any atom is 0.325 e. The summed E-state index contributed by atoms with van der Waals surface area (Å²) in [4.78, 5) is 19.9. The van der Waals surface area contributed by atoms with Gasteiger partial charge in [-0.3, -0.25) is 9.59 Å². The monoisotopic (exact) mass is 268 g/mol. The van der Waals surface area contributed by atoms with Crippen LogP contribution in [0.3, 0.4) is 0 Å². The SMILES string of the molecule is Cc1ccc(N[C@@H](C)C(=O)O)c(C)c1.NCC(=O)O. The van der Waals surface area contributed by atoms with E-state index >= 15 is 0 Å². The number of aliphatic carboxylic acids is 2. The van der Waals surface area contributed by atoms with Gasteiger partial charge in [0, 0.05) is 5.69 Å². The standard InChI is InChI=1S/C11H15NO2.C2H5NO2/c1-7-4-5-10(8(2)6-7)12-9(3)11(13)14;3-1-2(4)5/h4-6,9,12H,1-3H3,(H,13,14);1,3H2,(H,4,5)/t9-;/m0./s1. The Morgan fingerprint density at radius 2 is 1.84 bits per heavy atom. The average molecular weight is 268 g/mol. The summed E-state index contributed by atoms with van der Waals surface area (Å²) in [6.07, 6.45) is 0. The minimum Gasteiger partial charge on any atom is -0.480 e. The number of carbonyl (C=O) groups is 2. The molecule has 0 aromatic heterocycles. The normalized spacial score (nSPS) is 10.9. The molecule has 0 radical (unpaired) electrons. The number of carboxylic acids is 2. The first-order valence-corrected chi connectivity index (χ1v) is 5.76. The van der Waals surface area contributed by atoms with E-state index in [2.05, 4.69) is 11.1 Å². The smallest absolute Gasteiger partial charge is 0.325 e. The molecule has 0 spiro atoms. The zero-order valence-corrected chi connectivity index (χ0v) is 11.3. The second-order valence-electron chi connectivity index (χ2n) is 4.12. The molecule has 0 aliphatic rings. The van der Waals surface area contributed by atoms with Gasteiger partial charge in [-0.05, 0) is 32.4 Å². The van der Waals surface area contributed by atoms with Crippen LogP contribution in [0.15, 0.2) is 18.2 Å². The largest absolute Gasteiger partial charge is 0.480 e. The fourth-order valence-corrected chi connectivity index (χ4v) is 1.27. The topological polar surface area (TPSA) is 113 Å². The Morgan fingerprint density at radius 3 is 2.21 bits per heavy atom. The van der Waals surface area contributed by atoms with Crippen molar-refractivity contribution in [1.29, 1.82) is 0 Å². The predicted octanol–water partition coefficient (Wildman–Crippen LogP) is 1.22. The summed E-state index contributed by atoms with van der Waals surface area (Å²) in [5, 5.41) is 19.3. The second kappa shape index (κ2) is 8.10. The fourth-order valence-electron chi connectivity index (χ4n) is 1.27. The number of hydrogen-bond acceptors (Lipinski definition) is 4. The van der Waals surface area contributed by atoms with Crippen LogP contribution in [-0.4, -0.2) is 34.7 Å². The first-order valence-electron chi connectivity index (χ1n) is 5.76. The molecule has 0 saturated heterocycles. The van der Waals surface area contributed by atoms with Crippen LogP contribution in [0.4, 0.5) is 5.69 Å². The molecular weight excluding hydrogens is 248 g/mol. The van der Waals surface area contributed by atoms with Gasteiger partial charge >= 0.3 is 11.9 Å². The molecule has 6 nitrogen and oxygen atoms in total. The van der Waals surface area contributed by atoms with Crippen molar-refractivity contribution in [3.63, 3.8) is 0 Å². The minimum atomic E-state index is -0.968. The zero-order chi connectivity index (χ0) is 15.0. The van der Waals surface area contributed by atoms with Gasteiger partial charge in [-0.2, -0.15) is 0 Å². The van der Waals surface area contributed by atoms with Gasteiger partial charge in [0.05, 0.1) is 6.54 Å². The third-order valence-corrected chi connectivity index (χ3v) is 2.30. The summed E-state index contributed by atoms with van der Waals surface area (Å²) < 4.78 is 0. The molecule has 0 unspecified atom stereocenters. The molecule has 1 aromatic carbocycles. The van der Waals surface area contributed by atoms with E-state index in [0.717, 1.165) is 11.3 Å². The van der Waals surface area contributed by atoms with Gasteiger partial charge in [0.15, 0.2) is 0 Å². The van der Waals surface area contributed by atoms with Crippen molar-refractivity contribution < 1.29 is 19.8 Å². The summed E-state index contributed by atoms with van der Waals surface area (Å²) in [5.41, 5.74) is 7.70. The lowest BCUT2D eigenvalue weighted by atomic mass is 10.1. The Morgan fingerprint density at radius 1 is 1.32 bits per heavy atom. The molecule has 0 aliphatic heterocycles. The lowest BCUT2D eigenvalue weighted by Crippen LogP contribution is -2.25. The van der Waals surface area contributed by atoms with Gasteiger partial charge in [-0.25, -0.2) is 0 Å². The van der Waals surface area contributed by atoms with Crippen molar-refractivity contribution in [2.24, 2.45) is 5.73 Å². The number of nitrogens with one attached hydrogen (secondary N) is 1. The number of nitrogens with two attached hydrogens (primary N) is 1. The van der Waals surface area contributed by atoms with Gasteiger partial charge in [-0.1, -0.05) is 17.7 Å². The first kappa shape index (κ1) is 16.9. The van der Waals surface area contributed by atoms with Crippen LogP contribution < -0.4 is 11.1 Å². The molecular formula is C13H20N2O4. The average Bonchev–Trinajstić information content (AvgIpc) is 2.33. The second-order valence-corrected chi connectivity index (χ2v) is 4.12. The highest BCUT2D eigenvalue weighted by Gasteiger charge is 2.10. The van der Waals surface area contributed by atoms with Crippen LogP contribution >= 0.6 is 0 Å². The van der Waals surface area contributed by atoms with Gasteiger partial charge in [0.2, 0.25) is 0 Å². The van der Waals surface area contributed by atoms with Gasteiger partial charge in [-0.15, -0.1) is 0 Å². The predicted molar refractivity (Wildman–Crippen MR) is 73.3 cm³/mol. The van der Waals surface area contributed by atoms with Crippen molar-refractivity contribution in [2.75, 3.05) is 11.9 Å². The third kappa shape index (κ3) is 7.05. The van der Waals surface area contributed by atoms with E-state index in [-0.39, 0.29) is 6.54 Å². The van der Waals surface area contributed by atoms with E-state index in [4.69, 9.17) is 10.2 Å². The van der Waals surface area contributed by atoms with Crippen LogP contribution in [0.1, 0.15) is 18.1 Å². The quantitative estimate of drug-likeness (QED) is 0.653. The van der Waals surface area contributed by atoms with Crippen LogP contribution in [0.25, 0.3) is 0 Å². The summed E-state index contributed by atoms with van der Waals surface area (Å²) in [7, 11) is 0. The summed E-state index contributed by atoms with van der Waals surface area (Å²) in [5.74, 6) is -1.81. The Hall–Kier alpha value is -2.08. The number of carboxylic acid groups (broad SMARTS) is 2. The van der Waals surface area contributed by atoms with Crippen molar-refractivity contribution in [3.05, 3.63) is 29.3 Å². The van der Waals surface area contributed by atoms with Crippen LogP contribution in [0.2, 0.25) is 0 Å². The number of anilines is 1. The molecule has 5 N–H and O–H groups in total. The van der Waals surface area contributed by atoms with Crippen molar-refractivity contribution in [1.82, 2.24) is 0 Å². The van der Waals surface area contributed by atoms with Gasteiger partial charge < -0.3 is 21.3 Å². The van der Waals surface area contributed by atoms with Crippen LogP contribution in [0, 0.1) is 13.8 Å². The molecule has 0 fully saturated rings. The van der Waals surface area contributed by atoms with E-state index in [1.165, 1.54) is 5.56 Å². The van der Waals surface area contributed by atoms with Crippen LogP contribution in [-0.2, 0) is 9.59 Å². The summed E-state index contributed by atoms with van der Waals surface area (Å²) in [6.45, 7) is 5.32. The molecule has 1 atom stereocenters.